The molecule has 2 rings (SSSR count). The standard InChI is InChI=1S/C12H17ClN2O3S/c1-12(2,3)10-9(6-16)11(13)15(14-10)8-4-5-19(17,18)7-8/h6,8H,4-5,7H2,1-3H3. The summed E-state index contributed by atoms with van der Waals surface area (Å²) in [6.07, 6.45) is 1.18. The van der Waals surface area contributed by atoms with Crippen LogP contribution in [0.5, 0.6) is 0 Å². The second-order valence-electron chi connectivity index (χ2n) is 5.92. The summed E-state index contributed by atoms with van der Waals surface area (Å²) in [7, 11) is -3.01. The fourth-order valence-electron chi connectivity index (χ4n) is 2.30. The lowest BCUT2D eigenvalue weighted by Crippen LogP contribution is -2.17. The van der Waals surface area contributed by atoms with Crippen molar-refractivity contribution in [3.63, 3.8) is 0 Å². The minimum Gasteiger partial charge on any atom is -0.298 e. The lowest BCUT2D eigenvalue weighted by Gasteiger charge is -2.16. The molecular weight excluding hydrogens is 288 g/mol. The third-order valence-electron chi connectivity index (χ3n) is 3.27. The summed E-state index contributed by atoms with van der Waals surface area (Å²) in [4.78, 5) is 11.2. The van der Waals surface area contributed by atoms with Crippen LogP contribution in [0.1, 0.15) is 49.3 Å². The first kappa shape index (κ1) is 14.5. The second-order valence-corrected chi connectivity index (χ2v) is 8.51. The second kappa shape index (κ2) is 4.59. The number of aromatic nitrogens is 2. The molecular formula is C12H17ClN2O3S. The molecule has 2 heterocycles. The lowest BCUT2D eigenvalue weighted by atomic mass is 9.90. The molecule has 7 heteroatoms. The van der Waals surface area contributed by atoms with Gasteiger partial charge in [-0.15, -0.1) is 0 Å². The number of nitrogens with zero attached hydrogens (tertiary/aromatic N) is 2. The molecule has 0 aromatic carbocycles. The summed E-state index contributed by atoms with van der Waals surface area (Å²) in [5, 5.41) is 4.63. The Morgan fingerprint density at radius 3 is 2.42 bits per heavy atom. The zero-order valence-corrected chi connectivity index (χ0v) is 12.8. The molecule has 0 spiro atoms. The number of aldehydes is 1. The number of carbonyl (C=O) groups excluding carboxylic acids is 1. The lowest BCUT2D eigenvalue weighted by molar-refractivity contribution is 0.112. The van der Waals surface area contributed by atoms with Gasteiger partial charge < -0.3 is 0 Å². The molecule has 0 saturated carbocycles. The fraction of sp³-hybridized carbons (Fsp3) is 0.667. The zero-order chi connectivity index (χ0) is 14.4. The highest BCUT2D eigenvalue weighted by Gasteiger charge is 2.34. The smallest absolute Gasteiger partial charge is 0.155 e. The van der Waals surface area contributed by atoms with Crippen LogP contribution < -0.4 is 0 Å². The molecule has 0 N–H and O–H groups in total. The van der Waals surface area contributed by atoms with Crippen LogP contribution in [-0.2, 0) is 15.3 Å². The van der Waals surface area contributed by atoms with Crippen LogP contribution in [0.25, 0.3) is 0 Å². The highest BCUT2D eigenvalue weighted by atomic mass is 35.5. The van der Waals surface area contributed by atoms with E-state index in [-0.39, 0.29) is 28.1 Å². The van der Waals surface area contributed by atoms with E-state index < -0.39 is 9.84 Å². The molecule has 1 fully saturated rings. The number of sulfone groups is 1. The molecule has 0 aliphatic carbocycles. The van der Waals surface area contributed by atoms with Gasteiger partial charge in [-0.25, -0.2) is 13.1 Å². The first-order valence-electron chi connectivity index (χ1n) is 6.10. The van der Waals surface area contributed by atoms with Gasteiger partial charge in [0.15, 0.2) is 16.1 Å². The highest BCUT2D eigenvalue weighted by Crippen LogP contribution is 2.33. The number of hydrogen-bond donors (Lipinski definition) is 0. The van der Waals surface area contributed by atoms with Crippen LogP contribution >= 0.6 is 11.6 Å². The van der Waals surface area contributed by atoms with Gasteiger partial charge in [0.2, 0.25) is 0 Å². The van der Waals surface area contributed by atoms with Gasteiger partial charge in [0, 0.05) is 5.41 Å². The van der Waals surface area contributed by atoms with E-state index >= 15 is 0 Å². The van der Waals surface area contributed by atoms with Crippen LogP contribution in [0.3, 0.4) is 0 Å². The molecule has 1 aliphatic heterocycles. The number of carbonyl (C=O) groups is 1. The summed E-state index contributed by atoms with van der Waals surface area (Å²) in [6.45, 7) is 5.82. The third kappa shape index (κ3) is 2.69. The summed E-state index contributed by atoms with van der Waals surface area (Å²) in [6, 6.07) is -0.271. The molecule has 1 unspecified atom stereocenters. The Hall–Kier alpha value is -0.880. The monoisotopic (exact) mass is 304 g/mol. The van der Waals surface area contributed by atoms with Crippen molar-refractivity contribution in [2.45, 2.75) is 38.6 Å². The minimum atomic E-state index is -3.01. The summed E-state index contributed by atoms with van der Waals surface area (Å²) < 4.78 is 24.6. The Bertz CT molecular complexity index is 614. The first-order valence-corrected chi connectivity index (χ1v) is 8.30. The maximum Gasteiger partial charge on any atom is 0.155 e. The van der Waals surface area contributed by atoms with E-state index in [1.165, 1.54) is 4.68 Å². The minimum absolute atomic E-state index is 0.0380. The summed E-state index contributed by atoms with van der Waals surface area (Å²) in [5.74, 6) is 0.186. The van der Waals surface area contributed by atoms with Crippen molar-refractivity contribution in [3.05, 3.63) is 16.4 Å². The molecule has 0 bridgehead atoms. The largest absolute Gasteiger partial charge is 0.298 e. The van der Waals surface area contributed by atoms with E-state index in [1.54, 1.807) is 0 Å². The Morgan fingerprint density at radius 2 is 2.05 bits per heavy atom. The van der Waals surface area contributed by atoms with E-state index in [2.05, 4.69) is 5.10 Å². The molecule has 1 saturated heterocycles. The molecule has 1 aliphatic rings. The fourth-order valence-corrected chi connectivity index (χ4v) is 4.30. The van der Waals surface area contributed by atoms with E-state index in [9.17, 15) is 13.2 Å². The average molecular weight is 305 g/mol. The van der Waals surface area contributed by atoms with Gasteiger partial charge in [-0.2, -0.15) is 5.10 Å². The van der Waals surface area contributed by atoms with Crippen LogP contribution in [0.2, 0.25) is 5.15 Å². The Balaban J connectivity index is 2.49. The van der Waals surface area contributed by atoms with Gasteiger partial charge in [-0.1, -0.05) is 32.4 Å². The van der Waals surface area contributed by atoms with Gasteiger partial charge >= 0.3 is 0 Å². The van der Waals surface area contributed by atoms with E-state index in [1.807, 2.05) is 20.8 Å². The van der Waals surface area contributed by atoms with Gasteiger partial charge in [-0.3, -0.25) is 4.79 Å². The SMILES string of the molecule is CC(C)(C)c1nn(C2CCS(=O)(=O)C2)c(Cl)c1C=O. The third-order valence-corrected chi connectivity index (χ3v) is 5.40. The predicted molar refractivity (Wildman–Crippen MR) is 73.6 cm³/mol. The average Bonchev–Trinajstić information content (AvgIpc) is 2.77. The first-order chi connectivity index (χ1) is 8.65. The van der Waals surface area contributed by atoms with Crippen LogP contribution in [0.4, 0.5) is 0 Å². The van der Waals surface area contributed by atoms with Crippen molar-refractivity contribution in [1.82, 2.24) is 9.78 Å². The van der Waals surface area contributed by atoms with E-state index in [0.717, 1.165) is 0 Å². The molecule has 1 aromatic heterocycles. The molecule has 19 heavy (non-hydrogen) atoms. The Morgan fingerprint density at radius 1 is 1.42 bits per heavy atom. The molecule has 1 atom stereocenters. The van der Waals surface area contributed by atoms with Gasteiger partial charge in [0.1, 0.15) is 5.15 Å². The highest BCUT2D eigenvalue weighted by molar-refractivity contribution is 7.91. The van der Waals surface area contributed by atoms with Crippen molar-refractivity contribution in [1.29, 1.82) is 0 Å². The van der Waals surface area contributed by atoms with Crippen LogP contribution in [0, 0.1) is 0 Å². The molecule has 106 valence electrons. The number of rotatable bonds is 2. The summed E-state index contributed by atoms with van der Waals surface area (Å²) >= 11 is 6.18. The molecule has 0 radical (unpaired) electrons. The van der Waals surface area contributed by atoms with E-state index in [0.29, 0.717) is 24.0 Å². The normalized spacial score (nSPS) is 22.6. The molecule has 5 nitrogen and oxygen atoms in total. The van der Waals surface area contributed by atoms with Crippen molar-refractivity contribution < 1.29 is 13.2 Å². The van der Waals surface area contributed by atoms with Crippen molar-refractivity contribution in [2.24, 2.45) is 0 Å². The van der Waals surface area contributed by atoms with Crippen LogP contribution in [0.15, 0.2) is 0 Å². The van der Waals surface area contributed by atoms with Crippen molar-refractivity contribution in [3.8, 4) is 0 Å². The van der Waals surface area contributed by atoms with Crippen molar-refractivity contribution >= 4 is 27.7 Å². The predicted octanol–water partition coefficient (Wildman–Crippen LogP) is 2.01. The maximum absolute atomic E-state index is 11.5. The van der Waals surface area contributed by atoms with Gasteiger partial charge in [0.25, 0.3) is 0 Å². The van der Waals surface area contributed by atoms with Crippen LogP contribution in [-0.4, -0.2) is 36.0 Å². The van der Waals surface area contributed by atoms with E-state index in [4.69, 9.17) is 11.6 Å². The topological polar surface area (TPSA) is 69.0 Å². The quantitative estimate of drug-likeness (QED) is 0.784. The van der Waals surface area contributed by atoms with Crippen molar-refractivity contribution in [2.75, 3.05) is 11.5 Å². The van der Waals surface area contributed by atoms with Gasteiger partial charge in [0.05, 0.1) is 28.8 Å². The van der Waals surface area contributed by atoms with Gasteiger partial charge in [-0.05, 0) is 6.42 Å². The zero-order valence-electron chi connectivity index (χ0n) is 11.2. The molecule has 0 amide bonds. The Labute approximate surface area is 117 Å². The summed E-state index contributed by atoms with van der Waals surface area (Å²) in [5.41, 5.74) is 0.651. The number of hydrogen-bond acceptors (Lipinski definition) is 4. The molecule has 1 aromatic rings. The maximum atomic E-state index is 11.5. The number of halogens is 1. The Kier molecular flexibility index (Phi) is 3.51.